The SMILES string of the molecule is Bc1c(C)c(SC)c2c(c1CCC(C)(C)C)C(C)C2. The summed E-state index contributed by atoms with van der Waals surface area (Å²) < 4.78 is 0. The standard InChI is InChI=1S/C17H27BS/c1-10-9-13-14(10)12(7-8-17(3,4)5)15(18)11(2)16(13)19-6/h10H,7-9,18H2,1-6H3. The summed E-state index contributed by atoms with van der Waals surface area (Å²) in [6, 6.07) is 0. The lowest BCUT2D eigenvalue weighted by Crippen LogP contribution is -2.29. The number of hydrogen-bond acceptors (Lipinski definition) is 1. The molecule has 0 aliphatic heterocycles. The molecule has 2 rings (SSSR count). The molecule has 0 heterocycles. The van der Waals surface area contributed by atoms with Crippen LogP contribution in [0.5, 0.6) is 0 Å². The van der Waals surface area contributed by atoms with Crippen LogP contribution in [0.25, 0.3) is 0 Å². The van der Waals surface area contributed by atoms with Gasteiger partial charge in [0.2, 0.25) is 0 Å². The average Bonchev–Trinajstić information content (AvgIpc) is 2.30. The zero-order valence-electron chi connectivity index (χ0n) is 13.6. The Morgan fingerprint density at radius 1 is 1.32 bits per heavy atom. The van der Waals surface area contributed by atoms with E-state index in [4.69, 9.17) is 0 Å². The van der Waals surface area contributed by atoms with Crippen LogP contribution in [0.1, 0.15) is 62.3 Å². The highest BCUT2D eigenvalue weighted by Crippen LogP contribution is 2.43. The second-order valence-electron chi connectivity index (χ2n) is 7.32. The molecule has 0 amide bonds. The third-order valence-corrected chi connectivity index (χ3v) is 5.57. The van der Waals surface area contributed by atoms with Gasteiger partial charge < -0.3 is 0 Å². The van der Waals surface area contributed by atoms with Crippen LogP contribution in [-0.4, -0.2) is 14.1 Å². The van der Waals surface area contributed by atoms with Gasteiger partial charge in [-0.2, -0.15) is 0 Å². The summed E-state index contributed by atoms with van der Waals surface area (Å²) in [7, 11) is 2.33. The molecule has 104 valence electrons. The first-order chi connectivity index (χ1) is 8.76. The molecule has 0 bridgehead atoms. The number of hydrogen-bond donors (Lipinski definition) is 0. The summed E-state index contributed by atoms with van der Waals surface area (Å²) in [4.78, 5) is 1.56. The van der Waals surface area contributed by atoms with E-state index in [2.05, 4.69) is 48.7 Å². The van der Waals surface area contributed by atoms with Crippen LogP contribution in [-0.2, 0) is 12.8 Å². The number of fused-ring (bicyclic) bond motifs is 1. The molecular weight excluding hydrogens is 247 g/mol. The van der Waals surface area contributed by atoms with Gasteiger partial charge in [-0.05, 0) is 60.5 Å². The Kier molecular flexibility index (Phi) is 4.11. The first-order valence-corrected chi connectivity index (χ1v) is 8.67. The second kappa shape index (κ2) is 5.20. The Balaban J connectivity index is 2.44. The highest BCUT2D eigenvalue weighted by Gasteiger charge is 2.30. The summed E-state index contributed by atoms with van der Waals surface area (Å²) in [6.07, 6.45) is 6.04. The molecule has 0 fully saturated rings. The van der Waals surface area contributed by atoms with Gasteiger partial charge in [0, 0.05) is 4.90 Å². The lowest BCUT2D eigenvalue weighted by molar-refractivity contribution is 0.377. The highest BCUT2D eigenvalue weighted by atomic mass is 32.2. The molecule has 1 atom stereocenters. The summed E-state index contributed by atoms with van der Waals surface area (Å²) in [6.45, 7) is 11.7. The fraction of sp³-hybridized carbons (Fsp3) is 0.647. The van der Waals surface area contributed by atoms with Gasteiger partial charge in [0.15, 0.2) is 0 Å². The summed E-state index contributed by atoms with van der Waals surface area (Å²) in [5, 5.41) is 0. The second-order valence-corrected chi connectivity index (χ2v) is 8.14. The van der Waals surface area contributed by atoms with Gasteiger partial charge in [-0.15, -0.1) is 11.8 Å². The quantitative estimate of drug-likeness (QED) is 0.599. The minimum absolute atomic E-state index is 0.429. The van der Waals surface area contributed by atoms with Crippen molar-refractivity contribution in [2.75, 3.05) is 6.26 Å². The smallest absolute Gasteiger partial charge is 0.129 e. The molecule has 0 radical (unpaired) electrons. The van der Waals surface area contributed by atoms with E-state index in [9.17, 15) is 0 Å². The Morgan fingerprint density at radius 3 is 2.42 bits per heavy atom. The van der Waals surface area contributed by atoms with Crippen molar-refractivity contribution in [3.63, 3.8) is 0 Å². The van der Waals surface area contributed by atoms with Gasteiger partial charge in [0.1, 0.15) is 7.85 Å². The van der Waals surface area contributed by atoms with E-state index in [1.807, 2.05) is 11.8 Å². The average molecular weight is 274 g/mol. The first kappa shape index (κ1) is 15.0. The summed E-state index contributed by atoms with van der Waals surface area (Å²) in [5.74, 6) is 0.773. The van der Waals surface area contributed by atoms with E-state index in [0.717, 1.165) is 5.92 Å². The normalized spacial score (nSPS) is 18.1. The zero-order valence-corrected chi connectivity index (χ0v) is 14.4. The fourth-order valence-electron chi connectivity index (χ4n) is 3.30. The van der Waals surface area contributed by atoms with Crippen molar-refractivity contribution in [1.29, 1.82) is 0 Å². The molecule has 1 unspecified atom stereocenters. The first-order valence-electron chi connectivity index (χ1n) is 7.45. The maximum atomic E-state index is 2.39. The van der Waals surface area contributed by atoms with Crippen LogP contribution in [0.4, 0.5) is 0 Å². The lowest BCUT2D eigenvalue weighted by atomic mass is 9.68. The molecule has 1 aromatic carbocycles. The molecule has 1 aliphatic rings. The van der Waals surface area contributed by atoms with Crippen LogP contribution < -0.4 is 5.46 Å². The minimum atomic E-state index is 0.429. The minimum Gasteiger partial charge on any atom is -0.129 e. The predicted molar refractivity (Wildman–Crippen MR) is 91.0 cm³/mol. The van der Waals surface area contributed by atoms with Crippen LogP contribution in [0.15, 0.2) is 4.90 Å². The van der Waals surface area contributed by atoms with Crippen LogP contribution >= 0.6 is 11.8 Å². The van der Waals surface area contributed by atoms with Gasteiger partial charge in [-0.3, -0.25) is 0 Å². The van der Waals surface area contributed by atoms with Crippen molar-refractivity contribution >= 4 is 25.1 Å². The van der Waals surface area contributed by atoms with Crippen molar-refractivity contribution in [1.82, 2.24) is 0 Å². The molecular formula is C17H27BS. The Bertz CT molecular complexity index is 497. The molecule has 0 spiro atoms. The van der Waals surface area contributed by atoms with Crippen molar-refractivity contribution < 1.29 is 0 Å². The molecule has 0 saturated heterocycles. The maximum absolute atomic E-state index is 2.39. The molecule has 0 saturated carbocycles. The van der Waals surface area contributed by atoms with Crippen molar-refractivity contribution in [2.45, 2.75) is 64.7 Å². The van der Waals surface area contributed by atoms with Gasteiger partial charge in [0.25, 0.3) is 0 Å². The topological polar surface area (TPSA) is 0 Å². The Morgan fingerprint density at radius 2 is 1.95 bits per heavy atom. The third kappa shape index (κ3) is 2.74. The largest absolute Gasteiger partial charge is 0.140 e. The van der Waals surface area contributed by atoms with Gasteiger partial charge in [-0.25, -0.2) is 0 Å². The van der Waals surface area contributed by atoms with Crippen LogP contribution in [0.2, 0.25) is 0 Å². The zero-order chi connectivity index (χ0) is 14.4. The molecule has 0 aromatic heterocycles. The predicted octanol–water partition coefficient (Wildman–Crippen LogP) is 3.61. The third-order valence-electron chi connectivity index (χ3n) is 4.61. The number of thioether (sulfide) groups is 1. The van der Waals surface area contributed by atoms with E-state index < -0.39 is 0 Å². The van der Waals surface area contributed by atoms with Gasteiger partial charge in [0.05, 0.1) is 0 Å². The van der Waals surface area contributed by atoms with E-state index in [1.54, 1.807) is 27.0 Å². The van der Waals surface area contributed by atoms with Gasteiger partial charge >= 0.3 is 0 Å². The fourth-order valence-corrected chi connectivity index (χ4v) is 4.20. The highest BCUT2D eigenvalue weighted by molar-refractivity contribution is 7.98. The molecule has 0 N–H and O–H groups in total. The Labute approximate surface area is 124 Å². The number of rotatable bonds is 3. The monoisotopic (exact) mass is 274 g/mol. The molecule has 19 heavy (non-hydrogen) atoms. The van der Waals surface area contributed by atoms with Crippen molar-refractivity contribution in [2.24, 2.45) is 5.41 Å². The lowest BCUT2D eigenvalue weighted by Gasteiger charge is -2.36. The van der Waals surface area contributed by atoms with E-state index in [1.165, 1.54) is 24.8 Å². The molecule has 1 aromatic rings. The maximum Gasteiger partial charge on any atom is 0.140 e. The van der Waals surface area contributed by atoms with Crippen LogP contribution in [0, 0.1) is 12.3 Å². The van der Waals surface area contributed by atoms with Gasteiger partial charge in [-0.1, -0.05) is 38.7 Å². The van der Waals surface area contributed by atoms with Crippen LogP contribution in [0.3, 0.4) is 0 Å². The number of benzene rings is 1. The molecule has 0 nitrogen and oxygen atoms in total. The molecule has 2 heteroatoms. The molecule has 1 aliphatic carbocycles. The van der Waals surface area contributed by atoms with Crippen molar-refractivity contribution in [3.8, 4) is 0 Å². The van der Waals surface area contributed by atoms with E-state index in [-0.39, 0.29) is 0 Å². The van der Waals surface area contributed by atoms with E-state index in [0.29, 0.717) is 5.41 Å². The van der Waals surface area contributed by atoms with Crippen molar-refractivity contribution in [3.05, 3.63) is 22.3 Å². The summed E-state index contributed by atoms with van der Waals surface area (Å²) in [5.41, 5.74) is 8.53. The summed E-state index contributed by atoms with van der Waals surface area (Å²) >= 11 is 1.94. The Hall–Kier alpha value is -0.365. The van der Waals surface area contributed by atoms with E-state index >= 15 is 0 Å².